The Morgan fingerprint density at radius 2 is 1.19 bits per heavy atom. The topological polar surface area (TPSA) is 28.2 Å². The molecule has 3 aromatic carbocycles. The summed E-state index contributed by atoms with van der Waals surface area (Å²) < 4.78 is 81.7. The Morgan fingerprint density at radius 3 is 1.79 bits per heavy atom. The highest BCUT2D eigenvalue weighted by atomic mass is 19.2. The van der Waals surface area contributed by atoms with E-state index >= 15 is 0 Å². The Balaban J connectivity index is 1.18. The molecule has 2 saturated heterocycles. The number of halogens is 5. The molecular formula is C32H32F5N3O2. The molecule has 5 rings (SSSR count). The van der Waals surface area contributed by atoms with E-state index in [1.165, 1.54) is 0 Å². The number of para-hydroxylation sites is 2. The number of ether oxygens (including phenoxy) is 2. The van der Waals surface area contributed by atoms with Crippen molar-refractivity contribution in [2.45, 2.75) is 18.4 Å². The van der Waals surface area contributed by atoms with Gasteiger partial charge in [-0.25, -0.2) is 13.2 Å². The first kappa shape index (κ1) is 29.7. The zero-order chi connectivity index (χ0) is 29.7. The number of hydrogen-bond acceptors (Lipinski definition) is 5. The van der Waals surface area contributed by atoms with Crippen LogP contribution in [-0.2, 0) is 5.60 Å². The van der Waals surface area contributed by atoms with Crippen molar-refractivity contribution < 1.29 is 31.4 Å². The van der Waals surface area contributed by atoms with Gasteiger partial charge < -0.3 is 14.4 Å². The molecule has 0 unspecified atom stereocenters. The minimum atomic E-state index is -2.21. The summed E-state index contributed by atoms with van der Waals surface area (Å²) in [6.45, 7) is 5.58. The summed E-state index contributed by atoms with van der Waals surface area (Å²) >= 11 is 0. The third-order valence-corrected chi connectivity index (χ3v) is 7.96. The number of likely N-dealkylation sites (tertiary alicyclic amines) is 1. The van der Waals surface area contributed by atoms with Crippen molar-refractivity contribution >= 4 is 5.69 Å². The van der Waals surface area contributed by atoms with E-state index in [9.17, 15) is 22.0 Å². The summed E-state index contributed by atoms with van der Waals surface area (Å²) in [6, 6.07) is 16.7. The maximum atomic E-state index is 14.5. The highest BCUT2D eigenvalue weighted by Gasteiger charge is 2.41. The molecule has 2 aliphatic heterocycles. The molecule has 2 aliphatic rings. The van der Waals surface area contributed by atoms with Crippen molar-refractivity contribution in [2.75, 3.05) is 64.4 Å². The number of hydrogen-bond donors (Lipinski definition) is 0. The van der Waals surface area contributed by atoms with Crippen molar-refractivity contribution in [3.63, 3.8) is 0 Å². The van der Waals surface area contributed by atoms with Crippen LogP contribution in [0.2, 0.25) is 0 Å². The van der Waals surface area contributed by atoms with Gasteiger partial charge in [-0.3, -0.25) is 9.80 Å². The standard InChI is InChI=1S/C32H32F5N3O2/c1-41-25-12-6-5-11-24(25)40-21-19-39(20-22-40)16-8-7-15-38-17-13-32(14-18-38,23-9-3-2-4-10-23)42-31-29(36)27(34)26(33)28(35)30(31)37/h2-6,9-12H,13-22H2,1H3. The molecule has 0 radical (unpaired) electrons. The Kier molecular flexibility index (Phi) is 9.19. The fourth-order valence-electron chi connectivity index (χ4n) is 5.51. The number of anilines is 1. The van der Waals surface area contributed by atoms with Gasteiger partial charge in [0.2, 0.25) is 29.1 Å². The summed E-state index contributed by atoms with van der Waals surface area (Å²) in [7, 11) is 1.68. The van der Waals surface area contributed by atoms with Gasteiger partial charge in [-0.15, -0.1) is 0 Å². The molecule has 222 valence electrons. The smallest absolute Gasteiger partial charge is 0.207 e. The molecule has 3 aromatic rings. The number of benzene rings is 3. The predicted octanol–water partition coefficient (Wildman–Crippen LogP) is 5.59. The van der Waals surface area contributed by atoms with Gasteiger partial charge in [-0.2, -0.15) is 8.78 Å². The van der Waals surface area contributed by atoms with Crippen molar-refractivity contribution in [1.29, 1.82) is 0 Å². The summed E-state index contributed by atoms with van der Waals surface area (Å²) in [5.74, 6) is -4.14. The second-order valence-electron chi connectivity index (χ2n) is 10.4. The lowest BCUT2D eigenvalue weighted by Gasteiger charge is -2.42. The summed E-state index contributed by atoms with van der Waals surface area (Å²) in [6.07, 6.45) is 0.562. The minimum Gasteiger partial charge on any atom is -0.495 e. The third kappa shape index (κ3) is 6.18. The Morgan fingerprint density at radius 1 is 0.667 bits per heavy atom. The summed E-state index contributed by atoms with van der Waals surface area (Å²) in [5.41, 5.74) is 0.434. The van der Waals surface area contributed by atoms with Crippen LogP contribution in [0.3, 0.4) is 0 Å². The zero-order valence-electron chi connectivity index (χ0n) is 23.3. The van der Waals surface area contributed by atoms with E-state index in [1.54, 1.807) is 37.4 Å². The first-order valence-corrected chi connectivity index (χ1v) is 13.9. The third-order valence-electron chi connectivity index (χ3n) is 7.96. The van der Waals surface area contributed by atoms with E-state index in [4.69, 9.17) is 9.47 Å². The van der Waals surface area contributed by atoms with Gasteiger partial charge in [0.05, 0.1) is 25.9 Å². The average molecular weight is 586 g/mol. The lowest BCUT2D eigenvalue weighted by Crippen LogP contribution is -2.47. The fourth-order valence-corrected chi connectivity index (χ4v) is 5.51. The van der Waals surface area contributed by atoms with Gasteiger partial charge in [-0.1, -0.05) is 54.3 Å². The van der Waals surface area contributed by atoms with Crippen molar-refractivity contribution in [3.05, 3.63) is 89.2 Å². The van der Waals surface area contributed by atoms with Crippen molar-refractivity contribution in [1.82, 2.24) is 9.80 Å². The number of methoxy groups -OCH3 is 1. The first-order valence-electron chi connectivity index (χ1n) is 13.9. The number of piperidine rings is 1. The lowest BCUT2D eigenvalue weighted by atomic mass is 9.84. The maximum Gasteiger partial charge on any atom is 0.207 e. The number of piperazine rings is 1. The lowest BCUT2D eigenvalue weighted by molar-refractivity contribution is -0.00670. The Labute approximate surface area is 242 Å². The molecule has 2 fully saturated rings. The quantitative estimate of drug-likeness (QED) is 0.156. The molecule has 0 amide bonds. The molecular weight excluding hydrogens is 553 g/mol. The van der Waals surface area contributed by atoms with Crippen LogP contribution in [0.1, 0.15) is 18.4 Å². The van der Waals surface area contributed by atoms with Gasteiger partial charge in [0.25, 0.3) is 0 Å². The minimum absolute atomic E-state index is 0.281. The van der Waals surface area contributed by atoms with Crippen LogP contribution in [0, 0.1) is 40.9 Å². The van der Waals surface area contributed by atoms with Crippen molar-refractivity contribution in [2.24, 2.45) is 0 Å². The monoisotopic (exact) mass is 585 g/mol. The largest absolute Gasteiger partial charge is 0.495 e. The molecule has 10 heteroatoms. The first-order chi connectivity index (χ1) is 20.3. The SMILES string of the molecule is COc1ccccc1N1CCN(CC#CCN2CCC(Oc3c(F)c(F)c(F)c(F)c3F)(c3ccccc3)CC2)CC1. The highest BCUT2D eigenvalue weighted by Crippen LogP contribution is 2.41. The van der Waals surface area contributed by atoms with Crippen LogP contribution in [0.4, 0.5) is 27.6 Å². The van der Waals surface area contributed by atoms with Crippen LogP contribution in [0.5, 0.6) is 11.5 Å². The predicted molar refractivity (Wildman–Crippen MR) is 150 cm³/mol. The molecule has 0 atom stereocenters. The Bertz CT molecular complexity index is 1410. The summed E-state index contributed by atoms with van der Waals surface area (Å²) in [5, 5.41) is 0. The van der Waals surface area contributed by atoms with Gasteiger partial charge in [-0.05, 0) is 17.7 Å². The highest BCUT2D eigenvalue weighted by molar-refractivity contribution is 5.58. The van der Waals surface area contributed by atoms with E-state index in [2.05, 4.69) is 32.6 Å². The zero-order valence-corrected chi connectivity index (χ0v) is 23.3. The molecule has 0 aromatic heterocycles. The second-order valence-corrected chi connectivity index (χ2v) is 10.4. The molecule has 0 aliphatic carbocycles. The normalized spacial score (nSPS) is 17.4. The van der Waals surface area contributed by atoms with Gasteiger partial charge >= 0.3 is 0 Å². The average Bonchev–Trinajstić information content (AvgIpc) is 3.04. The summed E-state index contributed by atoms with van der Waals surface area (Å²) in [4.78, 5) is 6.70. The maximum absolute atomic E-state index is 14.5. The van der Waals surface area contributed by atoms with Crippen molar-refractivity contribution in [3.8, 4) is 23.3 Å². The van der Waals surface area contributed by atoms with Crippen LogP contribution >= 0.6 is 0 Å². The van der Waals surface area contributed by atoms with Gasteiger partial charge in [0, 0.05) is 52.1 Å². The fraction of sp³-hybridized carbons (Fsp3) is 0.375. The molecule has 5 nitrogen and oxygen atoms in total. The molecule has 2 heterocycles. The van der Waals surface area contributed by atoms with E-state index in [1.807, 2.05) is 18.2 Å². The van der Waals surface area contributed by atoms with Gasteiger partial charge in [0.15, 0.2) is 5.75 Å². The van der Waals surface area contributed by atoms with Crippen LogP contribution in [-0.4, -0.2) is 69.3 Å². The van der Waals surface area contributed by atoms with Crippen LogP contribution < -0.4 is 14.4 Å². The van der Waals surface area contributed by atoms with E-state index in [0.29, 0.717) is 31.7 Å². The molecule has 0 N–H and O–H groups in total. The van der Waals surface area contributed by atoms with Gasteiger partial charge in [0.1, 0.15) is 11.4 Å². The number of nitrogens with zero attached hydrogens (tertiary/aromatic N) is 3. The van der Waals surface area contributed by atoms with Crippen LogP contribution in [0.25, 0.3) is 0 Å². The molecule has 0 spiro atoms. The number of rotatable bonds is 7. The van der Waals surface area contributed by atoms with E-state index < -0.39 is 40.4 Å². The molecule has 42 heavy (non-hydrogen) atoms. The van der Waals surface area contributed by atoms with Crippen LogP contribution in [0.15, 0.2) is 54.6 Å². The van der Waals surface area contributed by atoms with E-state index in [-0.39, 0.29) is 12.8 Å². The molecule has 0 bridgehead atoms. The molecule has 0 saturated carbocycles. The second kappa shape index (κ2) is 13.0. The Hall–Kier alpha value is -3.81. The van der Waals surface area contributed by atoms with E-state index in [0.717, 1.165) is 37.6 Å².